The van der Waals surface area contributed by atoms with E-state index < -0.39 is 66.3 Å². The zero-order chi connectivity index (χ0) is 33.9. The fourth-order valence-electron chi connectivity index (χ4n) is 10.7. The second-order valence-corrected chi connectivity index (χ2v) is 15.8. The maximum atomic E-state index is 13.6. The first-order valence-corrected chi connectivity index (χ1v) is 17.4. The Balaban J connectivity index is 1.40. The molecule has 260 valence electrons. The Hall–Kier alpha value is -1.59. The molecular weight excluding hydrogens is 588 g/mol. The number of ether oxygens (including phenoxy) is 3. The van der Waals surface area contributed by atoms with Crippen molar-refractivity contribution in [3.63, 3.8) is 0 Å². The molecule has 4 aliphatic carbocycles. The largest absolute Gasteiger partial charge is 0.480 e. The van der Waals surface area contributed by atoms with Crippen molar-refractivity contribution in [2.75, 3.05) is 13.7 Å². The Bertz CT molecular complexity index is 1230. The normalized spacial score (nSPS) is 44.8. The summed E-state index contributed by atoms with van der Waals surface area (Å²) in [6.07, 6.45) is -0.457. The average molecular weight is 647 g/mol. The van der Waals surface area contributed by atoms with E-state index in [1.54, 1.807) is 0 Å². The SMILES string of the molecule is C=C(CC[C@@H](C)[C@H]1C[C@@H](O)[C@@]2(C(=O)O)C3=C(CC[C@]12C)[C@@]1(C)CC[C@H](O[C@@H]2O[C@@H](CO)[C@@H](OC)[C@H](O)[C@H]2O)C(=C)[C@@H]1CC3)C(C)C. The summed E-state index contributed by atoms with van der Waals surface area (Å²) in [5, 5.41) is 54.2. The summed E-state index contributed by atoms with van der Waals surface area (Å²) < 4.78 is 17.4. The molecule has 1 saturated heterocycles. The predicted molar refractivity (Wildman–Crippen MR) is 174 cm³/mol. The van der Waals surface area contributed by atoms with Gasteiger partial charge in [0.2, 0.25) is 0 Å². The summed E-state index contributed by atoms with van der Waals surface area (Å²) in [6, 6.07) is 0. The molecule has 0 aromatic carbocycles. The van der Waals surface area contributed by atoms with Crippen LogP contribution in [0.5, 0.6) is 0 Å². The number of aliphatic carboxylic acids is 1. The molecular formula is C37H58O9. The Morgan fingerprint density at radius 1 is 1.07 bits per heavy atom. The number of hydrogen-bond donors (Lipinski definition) is 5. The van der Waals surface area contributed by atoms with E-state index in [-0.39, 0.29) is 23.2 Å². The minimum Gasteiger partial charge on any atom is -0.480 e. The van der Waals surface area contributed by atoms with Gasteiger partial charge in [-0.1, -0.05) is 64.5 Å². The van der Waals surface area contributed by atoms with Crippen molar-refractivity contribution < 1.29 is 44.5 Å². The third-order valence-electron chi connectivity index (χ3n) is 13.5. The molecule has 1 aliphatic heterocycles. The smallest absolute Gasteiger partial charge is 0.317 e. The lowest BCUT2D eigenvalue weighted by Gasteiger charge is -2.59. The van der Waals surface area contributed by atoms with Crippen LogP contribution in [0, 0.1) is 39.9 Å². The molecule has 2 saturated carbocycles. The Kier molecular flexibility index (Phi) is 10.1. The number of hydrogen-bond acceptors (Lipinski definition) is 8. The van der Waals surface area contributed by atoms with E-state index in [4.69, 9.17) is 14.2 Å². The van der Waals surface area contributed by atoms with Crippen LogP contribution in [0.4, 0.5) is 0 Å². The van der Waals surface area contributed by atoms with Gasteiger partial charge >= 0.3 is 5.97 Å². The number of fused-ring (bicyclic) bond motifs is 4. The molecule has 3 fully saturated rings. The van der Waals surface area contributed by atoms with Gasteiger partial charge in [0, 0.05) is 7.11 Å². The summed E-state index contributed by atoms with van der Waals surface area (Å²) in [5.74, 6) is -0.102. The Morgan fingerprint density at radius 2 is 1.76 bits per heavy atom. The highest BCUT2D eigenvalue weighted by Gasteiger charge is 2.71. The maximum absolute atomic E-state index is 13.6. The highest BCUT2D eigenvalue weighted by molar-refractivity contribution is 5.83. The van der Waals surface area contributed by atoms with Crippen LogP contribution in [0.25, 0.3) is 0 Å². The van der Waals surface area contributed by atoms with Gasteiger partial charge in [-0.25, -0.2) is 0 Å². The van der Waals surface area contributed by atoms with Gasteiger partial charge in [0.05, 0.1) is 18.8 Å². The van der Waals surface area contributed by atoms with E-state index in [0.29, 0.717) is 38.0 Å². The van der Waals surface area contributed by atoms with Gasteiger partial charge in [0.25, 0.3) is 0 Å². The second kappa shape index (κ2) is 13.0. The monoisotopic (exact) mass is 646 g/mol. The van der Waals surface area contributed by atoms with Gasteiger partial charge < -0.3 is 39.7 Å². The highest BCUT2D eigenvalue weighted by atomic mass is 16.7. The van der Waals surface area contributed by atoms with Crippen LogP contribution >= 0.6 is 0 Å². The number of aliphatic hydroxyl groups is 4. The predicted octanol–water partition coefficient (Wildman–Crippen LogP) is 4.77. The third kappa shape index (κ3) is 5.28. The molecule has 9 heteroatoms. The molecule has 1 heterocycles. The highest BCUT2D eigenvalue weighted by Crippen LogP contribution is 2.72. The molecule has 13 atom stereocenters. The molecule has 5 aliphatic rings. The third-order valence-corrected chi connectivity index (χ3v) is 13.5. The quantitative estimate of drug-likeness (QED) is 0.212. The fraction of sp³-hybridized carbons (Fsp3) is 0.811. The molecule has 5 N–H and O–H groups in total. The molecule has 0 spiro atoms. The summed E-state index contributed by atoms with van der Waals surface area (Å²) >= 11 is 0. The van der Waals surface area contributed by atoms with E-state index in [9.17, 15) is 30.3 Å². The number of rotatable bonds is 10. The van der Waals surface area contributed by atoms with Gasteiger partial charge in [-0.15, -0.1) is 0 Å². The van der Waals surface area contributed by atoms with Crippen LogP contribution in [0.1, 0.15) is 92.4 Å². The number of allylic oxidation sites excluding steroid dienone is 2. The molecule has 0 aromatic rings. The van der Waals surface area contributed by atoms with Gasteiger partial charge in [-0.3, -0.25) is 4.79 Å². The first kappa shape index (κ1) is 35.7. The zero-order valence-electron chi connectivity index (χ0n) is 28.7. The van der Waals surface area contributed by atoms with E-state index in [0.717, 1.165) is 36.8 Å². The first-order valence-electron chi connectivity index (χ1n) is 17.4. The van der Waals surface area contributed by atoms with Crippen LogP contribution in [0.3, 0.4) is 0 Å². The maximum Gasteiger partial charge on any atom is 0.317 e. The fourth-order valence-corrected chi connectivity index (χ4v) is 10.7. The minimum atomic E-state index is -1.36. The van der Waals surface area contributed by atoms with Crippen LogP contribution in [0.15, 0.2) is 35.5 Å². The second-order valence-electron chi connectivity index (χ2n) is 15.8. The zero-order valence-corrected chi connectivity index (χ0v) is 28.7. The van der Waals surface area contributed by atoms with E-state index >= 15 is 0 Å². The van der Waals surface area contributed by atoms with Crippen molar-refractivity contribution in [1.29, 1.82) is 0 Å². The van der Waals surface area contributed by atoms with Gasteiger partial charge in [0.15, 0.2) is 6.29 Å². The van der Waals surface area contributed by atoms with Crippen molar-refractivity contribution in [2.45, 2.75) is 135 Å². The lowest BCUT2D eigenvalue weighted by molar-refractivity contribution is -0.313. The van der Waals surface area contributed by atoms with Crippen molar-refractivity contribution in [2.24, 2.45) is 39.9 Å². The molecule has 46 heavy (non-hydrogen) atoms. The Morgan fingerprint density at radius 3 is 2.37 bits per heavy atom. The summed E-state index contributed by atoms with van der Waals surface area (Å²) in [7, 11) is 1.39. The number of aliphatic hydroxyl groups excluding tert-OH is 4. The van der Waals surface area contributed by atoms with Crippen LogP contribution < -0.4 is 0 Å². The summed E-state index contributed by atoms with van der Waals surface area (Å²) in [6.45, 7) is 19.2. The molecule has 5 rings (SSSR count). The Labute approximate surface area is 274 Å². The standard InChI is InChI=1S/C37H58O9/c1-19(2)20(3)9-10-21(4)26-17-29(39)37(34(42)43)25-12-11-23-22(5)27(14-15-35(23,6)24(25)13-16-36(26,37)7)45-33-31(41)30(40)32(44-8)28(18-38)46-33/h19,21,23,26-33,38-41H,3,5,9-18H2,1-2,4,6-8H3,(H,42,43)/t21-,23+,26-,27+,28+,29-,30-,31-,32-,33-,35+,36-,37-/m1/s1. The van der Waals surface area contributed by atoms with Crippen molar-refractivity contribution in [3.8, 4) is 0 Å². The molecule has 0 radical (unpaired) electrons. The molecule has 0 unspecified atom stereocenters. The minimum absolute atomic E-state index is 0.0292. The van der Waals surface area contributed by atoms with Crippen LogP contribution in [-0.4, -0.2) is 88.1 Å². The van der Waals surface area contributed by atoms with Crippen molar-refractivity contribution in [3.05, 3.63) is 35.5 Å². The number of carboxylic acid groups (broad SMARTS) is 1. The van der Waals surface area contributed by atoms with E-state index in [1.165, 1.54) is 18.3 Å². The van der Waals surface area contributed by atoms with E-state index in [1.807, 2.05) is 0 Å². The lowest BCUT2D eigenvalue weighted by atomic mass is 9.45. The average Bonchev–Trinajstić information content (AvgIpc) is 3.26. The van der Waals surface area contributed by atoms with Gasteiger partial charge in [-0.2, -0.15) is 0 Å². The van der Waals surface area contributed by atoms with Crippen LogP contribution in [0.2, 0.25) is 0 Å². The first-order chi connectivity index (χ1) is 21.6. The van der Waals surface area contributed by atoms with Crippen molar-refractivity contribution >= 4 is 5.97 Å². The number of methoxy groups -OCH3 is 1. The van der Waals surface area contributed by atoms with Gasteiger partial charge in [0.1, 0.15) is 29.8 Å². The van der Waals surface area contributed by atoms with E-state index in [2.05, 4.69) is 47.8 Å². The molecule has 9 nitrogen and oxygen atoms in total. The van der Waals surface area contributed by atoms with Crippen LogP contribution in [-0.2, 0) is 19.0 Å². The molecule has 0 aromatic heterocycles. The summed E-state index contributed by atoms with van der Waals surface area (Å²) in [4.78, 5) is 13.6. The lowest BCUT2D eigenvalue weighted by Crippen LogP contribution is -2.61. The van der Waals surface area contributed by atoms with Gasteiger partial charge in [-0.05, 0) is 97.9 Å². The number of carboxylic acids is 1. The number of carbonyl (C=O) groups is 1. The van der Waals surface area contributed by atoms with Crippen molar-refractivity contribution in [1.82, 2.24) is 0 Å². The summed E-state index contributed by atoms with van der Waals surface area (Å²) in [5.41, 5.74) is 2.01. The topological polar surface area (TPSA) is 146 Å². The molecule has 0 bridgehead atoms. The molecule has 0 amide bonds.